The van der Waals surface area contributed by atoms with Gasteiger partial charge in [0.15, 0.2) is 0 Å². The van der Waals surface area contributed by atoms with Gasteiger partial charge in [0, 0.05) is 6.42 Å². The number of aliphatic hydroxyl groups is 1. The molecule has 0 aromatic carbocycles. The van der Waals surface area contributed by atoms with Crippen LogP contribution in [0.15, 0.2) is 24.3 Å². The molecule has 9 heteroatoms. The van der Waals surface area contributed by atoms with Gasteiger partial charge in [-0.05, 0) is 44.9 Å². The van der Waals surface area contributed by atoms with Crippen LogP contribution in [0.2, 0.25) is 0 Å². The Morgan fingerprint density at radius 1 is 0.680 bits per heavy atom. The minimum absolute atomic E-state index is 0.00177. The lowest BCUT2D eigenvalue weighted by molar-refractivity contribution is -0.870. The molecule has 0 heterocycles. The molecular formula is C41H81N2O6P. The molecule has 0 aliphatic carbocycles. The van der Waals surface area contributed by atoms with Gasteiger partial charge in [-0.1, -0.05) is 154 Å². The molecule has 0 spiro atoms. The van der Waals surface area contributed by atoms with Crippen LogP contribution in [0, 0.1) is 0 Å². The van der Waals surface area contributed by atoms with Gasteiger partial charge in [0.05, 0.1) is 39.9 Å². The lowest BCUT2D eigenvalue weighted by Gasteiger charge is -2.29. The third-order valence-electron chi connectivity index (χ3n) is 9.16. The maximum absolute atomic E-state index is 12.8. The number of nitrogens with zero attached hydrogens (tertiary/aromatic N) is 1. The summed E-state index contributed by atoms with van der Waals surface area (Å²) in [6.07, 6.45) is 37.8. The molecule has 0 rings (SSSR count). The maximum atomic E-state index is 12.8. The van der Waals surface area contributed by atoms with Gasteiger partial charge in [0.1, 0.15) is 13.2 Å². The van der Waals surface area contributed by atoms with E-state index in [-0.39, 0.29) is 19.1 Å². The molecule has 0 saturated heterocycles. The Morgan fingerprint density at radius 2 is 1.10 bits per heavy atom. The van der Waals surface area contributed by atoms with Crippen LogP contribution < -0.4 is 10.2 Å². The van der Waals surface area contributed by atoms with Gasteiger partial charge < -0.3 is 28.8 Å². The van der Waals surface area contributed by atoms with Gasteiger partial charge in [0.25, 0.3) is 7.82 Å². The summed E-state index contributed by atoms with van der Waals surface area (Å²) in [5.74, 6) is -0.208. The average molecular weight is 729 g/mol. The highest BCUT2D eigenvalue weighted by Gasteiger charge is 2.23. The summed E-state index contributed by atoms with van der Waals surface area (Å²) in [4.78, 5) is 25.2. The smallest absolute Gasteiger partial charge is 0.268 e. The quantitative estimate of drug-likeness (QED) is 0.0285. The van der Waals surface area contributed by atoms with Crippen molar-refractivity contribution in [1.82, 2.24) is 5.32 Å². The number of quaternary nitrogens is 1. The summed E-state index contributed by atoms with van der Waals surface area (Å²) in [5.41, 5.74) is 0. The van der Waals surface area contributed by atoms with Crippen molar-refractivity contribution in [3.05, 3.63) is 24.3 Å². The zero-order valence-corrected chi connectivity index (χ0v) is 34.2. The van der Waals surface area contributed by atoms with E-state index in [0.29, 0.717) is 17.4 Å². The molecule has 2 N–H and O–H groups in total. The predicted molar refractivity (Wildman–Crippen MR) is 210 cm³/mol. The van der Waals surface area contributed by atoms with Gasteiger partial charge in [-0.2, -0.15) is 0 Å². The zero-order chi connectivity index (χ0) is 37.2. The van der Waals surface area contributed by atoms with Crippen LogP contribution in [0.5, 0.6) is 0 Å². The summed E-state index contributed by atoms with van der Waals surface area (Å²) < 4.78 is 23.1. The lowest BCUT2D eigenvalue weighted by atomic mass is 10.0. The van der Waals surface area contributed by atoms with E-state index < -0.39 is 20.0 Å². The van der Waals surface area contributed by atoms with Crippen molar-refractivity contribution in [3.63, 3.8) is 0 Å². The van der Waals surface area contributed by atoms with Gasteiger partial charge in [-0.3, -0.25) is 9.36 Å². The Labute approximate surface area is 309 Å². The molecule has 0 radical (unpaired) electrons. The third kappa shape index (κ3) is 35.4. The topological polar surface area (TPSA) is 108 Å². The summed E-state index contributed by atoms with van der Waals surface area (Å²) in [7, 11) is 1.26. The van der Waals surface area contributed by atoms with Crippen molar-refractivity contribution < 1.29 is 32.9 Å². The number of unbranched alkanes of at least 4 members (excludes halogenated alkanes) is 22. The molecule has 0 aliphatic heterocycles. The Bertz CT molecular complexity index is 876. The predicted octanol–water partition coefficient (Wildman–Crippen LogP) is 10.3. The first-order chi connectivity index (χ1) is 24.0. The zero-order valence-electron chi connectivity index (χ0n) is 33.4. The van der Waals surface area contributed by atoms with E-state index >= 15 is 0 Å². The molecule has 0 aromatic rings. The normalized spacial score (nSPS) is 14.8. The third-order valence-corrected chi connectivity index (χ3v) is 10.1. The number of hydrogen-bond donors (Lipinski definition) is 2. The highest BCUT2D eigenvalue weighted by molar-refractivity contribution is 7.45. The fourth-order valence-electron chi connectivity index (χ4n) is 5.79. The second-order valence-corrected chi connectivity index (χ2v) is 16.8. The van der Waals surface area contributed by atoms with Gasteiger partial charge in [0.2, 0.25) is 5.91 Å². The molecule has 0 bridgehead atoms. The molecule has 296 valence electrons. The summed E-state index contributed by atoms with van der Waals surface area (Å²) in [6, 6.07) is -0.886. The van der Waals surface area contributed by atoms with E-state index in [1.54, 1.807) is 6.08 Å². The molecule has 50 heavy (non-hydrogen) atoms. The van der Waals surface area contributed by atoms with Crippen molar-refractivity contribution in [2.24, 2.45) is 0 Å². The first-order valence-corrected chi connectivity index (χ1v) is 22.2. The number of amides is 1. The molecule has 0 saturated carbocycles. The molecule has 8 nitrogen and oxygen atoms in total. The van der Waals surface area contributed by atoms with Crippen LogP contribution in [0.4, 0.5) is 0 Å². The number of rotatable bonds is 37. The van der Waals surface area contributed by atoms with E-state index in [4.69, 9.17) is 9.05 Å². The summed E-state index contributed by atoms with van der Waals surface area (Å²) in [5, 5.41) is 13.7. The van der Waals surface area contributed by atoms with Crippen LogP contribution in [0.25, 0.3) is 0 Å². The number of likely N-dealkylation sites (N-methyl/N-ethyl adjacent to an activating group) is 1. The number of carbonyl (C=O) groups excluding carboxylic acids is 1. The second kappa shape index (κ2) is 33.8. The van der Waals surface area contributed by atoms with Crippen LogP contribution in [0.3, 0.4) is 0 Å². The average Bonchev–Trinajstić information content (AvgIpc) is 3.06. The van der Waals surface area contributed by atoms with Crippen molar-refractivity contribution in [3.8, 4) is 0 Å². The molecule has 0 fully saturated rings. The van der Waals surface area contributed by atoms with Crippen molar-refractivity contribution >= 4 is 13.7 Å². The van der Waals surface area contributed by atoms with Crippen molar-refractivity contribution in [1.29, 1.82) is 0 Å². The number of phosphoric ester groups is 1. The van der Waals surface area contributed by atoms with E-state index in [1.807, 2.05) is 27.2 Å². The standard InChI is InChI=1S/C41H81N2O6P/c1-6-8-10-12-14-16-18-20-22-24-26-28-30-32-34-40(44)39(38-49-50(46,47)48-37-36-43(3,4)5)42-41(45)35-33-31-29-27-25-23-21-19-17-15-13-11-9-7-2/h19,21,32,34,39-40,44H,6-18,20,22-31,33,35-38H2,1-5H3,(H-,42,45,46,47)/b21-19-,34-32+/t39-,40+/m0/s1. The highest BCUT2D eigenvalue weighted by atomic mass is 31.2. The van der Waals surface area contributed by atoms with E-state index in [0.717, 1.165) is 51.4 Å². The largest absolute Gasteiger partial charge is 0.756 e. The Hall–Kier alpha value is -1.02. The van der Waals surface area contributed by atoms with E-state index in [9.17, 15) is 19.4 Å². The minimum atomic E-state index is -4.58. The molecule has 0 aliphatic rings. The molecule has 1 amide bonds. The number of allylic oxidation sites excluding steroid dienone is 3. The summed E-state index contributed by atoms with van der Waals surface area (Å²) in [6.45, 7) is 4.62. The Morgan fingerprint density at radius 3 is 1.56 bits per heavy atom. The fraction of sp³-hybridized carbons (Fsp3) is 0.878. The number of carbonyl (C=O) groups is 1. The molecule has 0 aromatic heterocycles. The first kappa shape index (κ1) is 49.0. The molecule has 1 unspecified atom stereocenters. The first-order valence-electron chi connectivity index (χ1n) is 20.7. The number of phosphoric acid groups is 1. The van der Waals surface area contributed by atoms with Crippen molar-refractivity contribution in [2.45, 2.75) is 193 Å². The van der Waals surface area contributed by atoms with E-state index in [2.05, 4.69) is 31.3 Å². The van der Waals surface area contributed by atoms with E-state index in [1.165, 1.54) is 109 Å². The Kier molecular flexibility index (Phi) is 33.1. The monoisotopic (exact) mass is 729 g/mol. The van der Waals surface area contributed by atoms with Gasteiger partial charge >= 0.3 is 0 Å². The highest BCUT2D eigenvalue weighted by Crippen LogP contribution is 2.38. The Balaban J connectivity index is 4.50. The lowest BCUT2D eigenvalue weighted by Crippen LogP contribution is -2.45. The molecular weight excluding hydrogens is 647 g/mol. The van der Waals surface area contributed by atoms with Crippen LogP contribution in [0.1, 0.15) is 181 Å². The number of aliphatic hydroxyl groups excluding tert-OH is 1. The fourth-order valence-corrected chi connectivity index (χ4v) is 6.52. The SMILES string of the molecule is CCCCCCC/C=C\CCCCCCCC(=O)N[C@@H](COP(=O)([O-])OCC[N+](C)(C)C)[C@H](O)/C=C/CCCCCCCCCCCCCC. The van der Waals surface area contributed by atoms with Crippen LogP contribution in [-0.2, 0) is 18.4 Å². The van der Waals surface area contributed by atoms with Gasteiger partial charge in [-0.15, -0.1) is 0 Å². The number of nitrogens with one attached hydrogen (secondary N) is 1. The minimum Gasteiger partial charge on any atom is -0.756 e. The second-order valence-electron chi connectivity index (χ2n) is 15.3. The van der Waals surface area contributed by atoms with Crippen molar-refractivity contribution in [2.75, 3.05) is 40.9 Å². The summed E-state index contributed by atoms with van der Waals surface area (Å²) >= 11 is 0. The number of hydrogen-bond acceptors (Lipinski definition) is 6. The maximum Gasteiger partial charge on any atom is 0.268 e. The van der Waals surface area contributed by atoms with Crippen LogP contribution >= 0.6 is 7.82 Å². The van der Waals surface area contributed by atoms with Crippen LogP contribution in [-0.4, -0.2) is 68.5 Å². The van der Waals surface area contributed by atoms with Gasteiger partial charge in [-0.25, -0.2) is 0 Å². The molecule has 3 atom stereocenters.